The fourth-order valence-electron chi connectivity index (χ4n) is 2.90. The smallest absolute Gasteiger partial charge is 0.257 e. The molecule has 3 aromatic rings. The highest BCUT2D eigenvalue weighted by atomic mass is 32.1. The van der Waals surface area contributed by atoms with Crippen molar-refractivity contribution >= 4 is 38.3 Å². The van der Waals surface area contributed by atoms with E-state index >= 15 is 0 Å². The number of hydrogen-bond donors (Lipinski definition) is 1. The van der Waals surface area contributed by atoms with Crippen LogP contribution in [0.25, 0.3) is 10.2 Å². The number of methoxy groups -OCH3 is 1. The monoisotopic (exact) mass is 369 g/mol. The van der Waals surface area contributed by atoms with Gasteiger partial charge in [0.05, 0.1) is 30.5 Å². The lowest BCUT2D eigenvalue weighted by Gasteiger charge is -2.28. The van der Waals surface area contributed by atoms with Crippen molar-refractivity contribution < 1.29 is 14.3 Å². The SMILES string of the molecule is COc1ccc2nc(NC(=O)c3ccc(N4CCOCC4)cc3)sc2c1. The molecule has 7 heteroatoms. The molecule has 6 nitrogen and oxygen atoms in total. The number of fused-ring (bicyclic) bond motifs is 1. The minimum Gasteiger partial charge on any atom is -0.497 e. The zero-order valence-corrected chi connectivity index (χ0v) is 15.2. The molecule has 0 atom stereocenters. The maximum absolute atomic E-state index is 12.5. The lowest BCUT2D eigenvalue weighted by molar-refractivity contribution is 0.102. The van der Waals surface area contributed by atoms with Gasteiger partial charge in [-0.1, -0.05) is 11.3 Å². The molecule has 1 amide bonds. The number of aromatic nitrogens is 1. The van der Waals surface area contributed by atoms with E-state index in [1.807, 2.05) is 42.5 Å². The molecule has 1 fully saturated rings. The third-order valence-electron chi connectivity index (χ3n) is 4.32. The summed E-state index contributed by atoms with van der Waals surface area (Å²) in [5, 5.41) is 3.46. The predicted octanol–water partition coefficient (Wildman–Crippen LogP) is 3.39. The molecule has 1 saturated heterocycles. The first kappa shape index (κ1) is 16.8. The van der Waals surface area contributed by atoms with E-state index < -0.39 is 0 Å². The van der Waals surface area contributed by atoms with E-state index in [1.54, 1.807) is 7.11 Å². The van der Waals surface area contributed by atoms with Crippen LogP contribution in [0.4, 0.5) is 10.8 Å². The largest absolute Gasteiger partial charge is 0.497 e. The maximum Gasteiger partial charge on any atom is 0.257 e. The summed E-state index contributed by atoms with van der Waals surface area (Å²) in [6, 6.07) is 13.3. The molecule has 1 aliphatic rings. The van der Waals surface area contributed by atoms with E-state index in [0.29, 0.717) is 10.7 Å². The van der Waals surface area contributed by atoms with Crippen LogP contribution < -0.4 is 15.0 Å². The second-order valence-electron chi connectivity index (χ2n) is 5.95. The van der Waals surface area contributed by atoms with Crippen LogP contribution >= 0.6 is 11.3 Å². The van der Waals surface area contributed by atoms with E-state index in [0.717, 1.165) is 48.0 Å². The standard InChI is InChI=1S/C19H19N3O3S/c1-24-15-6-7-16-17(12-15)26-19(20-16)21-18(23)13-2-4-14(5-3-13)22-8-10-25-11-9-22/h2-7,12H,8-11H2,1H3,(H,20,21,23). The fourth-order valence-corrected chi connectivity index (χ4v) is 3.79. The molecule has 4 rings (SSSR count). The Morgan fingerprint density at radius 1 is 1.19 bits per heavy atom. The third kappa shape index (κ3) is 3.49. The van der Waals surface area contributed by atoms with Gasteiger partial charge in [-0.3, -0.25) is 10.1 Å². The number of carbonyl (C=O) groups is 1. The maximum atomic E-state index is 12.5. The third-order valence-corrected chi connectivity index (χ3v) is 5.26. The van der Waals surface area contributed by atoms with Gasteiger partial charge in [-0.25, -0.2) is 4.98 Å². The summed E-state index contributed by atoms with van der Waals surface area (Å²) in [7, 11) is 1.63. The van der Waals surface area contributed by atoms with Crippen LogP contribution in [0, 0.1) is 0 Å². The van der Waals surface area contributed by atoms with Crippen molar-refractivity contribution in [2.24, 2.45) is 0 Å². The summed E-state index contributed by atoms with van der Waals surface area (Å²) < 4.78 is 11.6. The molecule has 1 N–H and O–H groups in total. The lowest BCUT2D eigenvalue weighted by Crippen LogP contribution is -2.36. The first-order chi connectivity index (χ1) is 12.7. The van der Waals surface area contributed by atoms with Crippen molar-refractivity contribution in [3.63, 3.8) is 0 Å². The van der Waals surface area contributed by atoms with Crippen LogP contribution in [0.5, 0.6) is 5.75 Å². The molecule has 1 aliphatic heterocycles. The number of ether oxygens (including phenoxy) is 2. The Kier molecular flexibility index (Phi) is 4.73. The van der Waals surface area contributed by atoms with Crippen molar-refractivity contribution in [2.75, 3.05) is 43.6 Å². The van der Waals surface area contributed by atoms with Crippen molar-refractivity contribution in [3.05, 3.63) is 48.0 Å². The number of benzene rings is 2. The molecule has 0 unspecified atom stereocenters. The zero-order valence-electron chi connectivity index (χ0n) is 14.4. The second-order valence-corrected chi connectivity index (χ2v) is 6.98. The zero-order chi connectivity index (χ0) is 17.9. The van der Waals surface area contributed by atoms with Crippen LogP contribution in [-0.2, 0) is 4.74 Å². The van der Waals surface area contributed by atoms with Gasteiger partial charge in [0.15, 0.2) is 5.13 Å². The van der Waals surface area contributed by atoms with Crippen LogP contribution in [-0.4, -0.2) is 44.3 Å². The van der Waals surface area contributed by atoms with Crippen LogP contribution in [0.1, 0.15) is 10.4 Å². The number of nitrogens with zero attached hydrogens (tertiary/aromatic N) is 2. The van der Waals surface area contributed by atoms with E-state index in [2.05, 4.69) is 15.2 Å². The number of carbonyl (C=O) groups excluding carboxylic acids is 1. The van der Waals surface area contributed by atoms with Crippen molar-refractivity contribution in [1.29, 1.82) is 0 Å². The van der Waals surface area contributed by atoms with Gasteiger partial charge in [0.25, 0.3) is 5.91 Å². The molecule has 2 aromatic carbocycles. The summed E-state index contributed by atoms with van der Waals surface area (Å²) in [6.07, 6.45) is 0. The number of morpholine rings is 1. The van der Waals surface area contributed by atoms with Crippen LogP contribution in [0.2, 0.25) is 0 Å². The molecule has 1 aromatic heterocycles. The molecule has 0 spiro atoms. The van der Waals surface area contributed by atoms with E-state index in [1.165, 1.54) is 11.3 Å². The van der Waals surface area contributed by atoms with E-state index in [-0.39, 0.29) is 5.91 Å². The normalized spacial score (nSPS) is 14.4. The van der Waals surface area contributed by atoms with Gasteiger partial charge in [-0.05, 0) is 42.5 Å². The number of rotatable bonds is 4. The average molecular weight is 369 g/mol. The highest BCUT2D eigenvalue weighted by molar-refractivity contribution is 7.22. The molecule has 26 heavy (non-hydrogen) atoms. The molecule has 0 bridgehead atoms. The number of anilines is 2. The Morgan fingerprint density at radius 2 is 1.96 bits per heavy atom. The van der Waals surface area contributed by atoms with Crippen molar-refractivity contribution in [1.82, 2.24) is 4.98 Å². The van der Waals surface area contributed by atoms with Crippen molar-refractivity contribution in [2.45, 2.75) is 0 Å². The minimum atomic E-state index is -0.162. The average Bonchev–Trinajstić information content (AvgIpc) is 3.10. The summed E-state index contributed by atoms with van der Waals surface area (Å²) in [4.78, 5) is 19.2. The Labute approximate surface area is 155 Å². The molecule has 0 saturated carbocycles. The quantitative estimate of drug-likeness (QED) is 0.764. The van der Waals surface area contributed by atoms with Gasteiger partial charge in [-0.15, -0.1) is 0 Å². The molecule has 134 valence electrons. The highest BCUT2D eigenvalue weighted by Crippen LogP contribution is 2.29. The summed E-state index contributed by atoms with van der Waals surface area (Å²) >= 11 is 1.43. The number of amides is 1. The molecule has 2 heterocycles. The topological polar surface area (TPSA) is 63.7 Å². The summed E-state index contributed by atoms with van der Waals surface area (Å²) in [6.45, 7) is 3.23. The summed E-state index contributed by atoms with van der Waals surface area (Å²) in [5.74, 6) is 0.613. The number of nitrogens with one attached hydrogen (secondary N) is 1. The Bertz CT molecular complexity index is 917. The van der Waals surface area contributed by atoms with Gasteiger partial charge in [0, 0.05) is 24.3 Å². The van der Waals surface area contributed by atoms with Gasteiger partial charge >= 0.3 is 0 Å². The van der Waals surface area contributed by atoms with Gasteiger partial charge in [0.2, 0.25) is 0 Å². The van der Waals surface area contributed by atoms with Gasteiger partial charge in [-0.2, -0.15) is 0 Å². The summed E-state index contributed by atoms with van der Waals surface area (Å²) in [5.41, 5.74) is 2.56. The number of hydrogen-bond acceptors (Lipinski definition) is 6. The van der Waals surface area contributed by atoms with Gasteiger partial charge < -0.3 is 14.4 Å². The molecule has 0 radical (unpaired) electrons. The van der Waals surface area contributed by atoms with Gasteiger partial charge in [0.1, 0.15) is 5.75 Å². The van der Waals surface area contributed by atoms with Crippen LogP contribution in [0.15, 0.2) is 42.5 Å². The van der Waals surface area contributed by atoms with E-state index in [4.69, 9.17) is 9.47 Å². The van der Waals surface area contributed by atoms with Crippen molar-refractivity contribution in [3.8, 4) is 5.75 Å². The predicted molar refractivity (Wildman–Crippen MR) is 104 cm³/mol. The second kappa shape index (κ2) is 7.31. The fraction of sp³-hybridized carbons (Fsp3) is 0.263. The Hall–Kier alpha value is -2.64. The molecule has 0 aliphatic carbocycles. The molecular formula is C19H19N3O3S. The van der Waals surface area contributed by atoms with E-state index in [9.17, 15) is 4.79 Å². The molecular weight excluding hydrogens is 350 g/mol. The Morgan fingerprint density at radius 3 is 2.69 bits per heavy atom. The highest BCUT2D eigenvalue weighted by Gasteiger charge is 2.13. The lowest BCUT2D eigenvalue weighted by atomic mass is 10.2. The first-order valence-electron chi connectivity index (χ1n) is 8.41. The minimum absolute atomic E-state index is 0.162. The first-order valence-corrected chi connectivity index (χ1v) is 9.23. The number of thiazole rings is 1. The Balaban J connectivity index is 1.47. The van der Waals surface area contributed by atoms with Crippen LogP contribution in [0.3, 0.4) is 0 Å².